The van der Waals surface area contributed by atoms with Crippen molar-refractivity contribution in [3.05, 3.63) is 48.3 Å². The Morgan fingerprint density at radius 2 is 2.17 bits per heavy atom. The smallest absolute Gasteiger partial charge is 0.303 e. The lowest BCUT2D eigenvalue weighted by atomic mass is 10.1. The first-order valence-electron chi connectivity index (χ1n) is 9.67. The molecule has 1 aromatic heterocycles. The molecule has 0 fully saturated rings. The molecule has 152 valence electrons. The molecule has 7 nitrogen and oxygen atoms in total. The lowest BCUT2D eigenvalue weighted by Crippen LogP contribution is -2.37. The number of fused-ring (bicyclic) bond motifs is 3. The summed E-state index contributed by atoms with van der Waals surface area (Å²) >= 11 is 0. The van der Waals surface area contributed by atoms with Gasteiger partial charge in [-0.25, -0.2) is 9.97 Å². The first kappa shape index (κ1) is 19.5. The van der Waals surface area contributed by atoms with Crippen LogP contribution < -0.4 is 19.7 Å². The number of methoxy groups -OCH3 is 1. The fourth-order valence-electron chi connectivity index (χ4n) is 3.52. The third-order valence-corrected chi connectivity index (χ3v) is 5.01. The number of carbonyl (C=O) groups excluding carboxylic acids is 1. The Kier molecular flexibility index (Phi) is 5.40. The number of rotatable bonds is 4. The van der Waals surface area contributed by atoms with Gasteiger partial charge in [0.1, 0.15) is 24.5 Å². The Bertz CT molecular complexity index is 1170. The van der Waals surface area contributed by atoms with E-state index in [-0.39, 0.29) is 11.9 Å². The van der Waals surface area contributed by atoms with E-state index in [9.17, 15) is 4.79 Å². The van der Waals surface area contributed by atoms with Crippen LogP contribution in [0.15, 0.2) is 42.7 Å². The molecule has 4 rings (SSSR count). The van der Waals surface area contributed by atoms with Crippen molar-refractivity contribution in [3.8, 4) is 23.3 Å². The highest BCUT2D eigenvalue weighted by molar-refractivity contribution is 6.10. The Morgan fingerprint density at radius 3 is 2.97 bits per heavy atom. The van der Waals surface area contributed by atoms with Crippen molar-refractivity contribution in [1.82, 2.24) is 9.97 Å². The Balaban J connectivity index is 1.76. The molecule has 1 aliphatic rings. The van der Waals surface area contributed by atoms with Gasteiger partial charge in [0.15, 0.2) is 5.75 Å². The molecule has 1 aliphatic heterocycles. The number of hydrogen-bond donors (Lipinski definition) is 1. The highest BCUT2D eigenvalue weighted by atomic mass is 16.5. The molecule has 0 spiro atoms. The molecule has 2 aromatic carbocycles. The van der Waals surface area contributed by atoms with Gasteiger partial charge in [0.25, 0.3) is 0 Å². The predicted octanol–water partition coefficient (Wildman–Crippen LogP) is 3.56. The Hall–Kier alpha value is -3.79. The summed E-state index contributed by atoms with van der Waals surface area (Å²) in [4.78, 5) is 22.9. The van der Waals surface area contributed by atoms with E-state index in [2.05, 4.69) is 27.1 Å². The second-order valence-electron chi connectivity index (χ2n) is 6.85. The summed E-state index contributed by atoms with van der Waals surface area (Å²) in [5.41, 5.74) is 2.47. The van der Waals surface area contributed by atoms with E-state index in [0.29, 0.717) is 30.4 Å². The normalized spacial score (nSPS) is 13.5. The van der Waals surface area contributed by atoms with E-state index in [1.54, 1.807) is 18.9 Å². The number of benzene rings is 2. The molecule has 0 saturated heterocycles. The minimum Gasteiger partial charge on any atom is -0.497 e. The maximum atomic E-state index is 12.4. The molecule has 0 radical (unpaired) electrons. The number of aromatic nitrogens is 2. The van der Waals surface area contributed by atoms with Crippen LogP contribution in [0.4, 0.5) is 11.5 Å². The summed E-state index contributed by atoms with van der Waals surface area (Å²) < 4.78 is 11.3. The van der Waals surface area contributed by atoms with Crippen LogP contribution in [-0.2, 0) is 4.79 Å². The van der Waals surface area contributed by atoms with Crippen molar-refractivity contribution >= 4 is 28.3 Å². The van der Waals surface area contributed by atoms with Gasteiger partial charge < -0.3 is 14.8 Å². The van der Waals surface area contributed by atoms with E-state index < -0.39 is 0 Å². The van der Waals surface area contributed by atoms with Crippen LogP contribution >= 0.6 is 0 Å². The SMILES string of the molecule is CC#CC(=O)N1CCOc2c1ccc1ncnc(N[C@H](C)c3cccc(OC)c3)c21. The van der Waals surface area contributed by atoms with Gasteiger partial charge in [-0.1, -0.05) is 18.1 Å². The molecule has 0 bridgehead atoms. The molecule has 30 heavy (non-hydrogen) atoms. The van der Waals surface area contributed by atoms with E-state index in [0.717, 1.165) is 22.2 Å². The number of hydrogen-bond acceptors (Lipinski definition) is 6. The first-order chi connectivity index (χ1) is 14.6. The fourth-order valence-corrected chi connectivity index (χ4v) is 3.52. The number of ether oxygens (including phenoxy) is 2. The van der Waals surface area contributed by atoms with E-state index >= 15 is 0 Å². The highest BCUT2D eigenvalue weighted by Gasteiger charge is 2.26. The van der Waals surface area contributed by atoms with Crippen molar-refractivity contribution in [2.45, 2.75) is 19.9 Å². The van der Waals surface area contributed by atoms with Crippen LogP contribution in [0.5, 0.6) is 11.5 Å². The summed E-state index contributed by atoms with van der Waals surface area (Å²) in [6.45, 7) is 4.52. The largest absolute Gasteiger partial charge is 0.497 e. The molecule has 1 amide bonds. The topological polar surface area (TPSA) is 76.6 Å². The number of nitrogens with one attached hydrogen (secondary N) is 1. The zero-order valence-corrected chi connectivity index (χ0v) is 17.1. The van der Waals surface area contributed by atoms with Gasteiger partial charge in [-0.2, -0.15) is 0 Å². The third-order valence-electron chi connectivity index (χ3n) is 5.01. The first-order valence-corrected chi connectivity index (χ1v) is 9.67. The minimum atomic E-state index is -0.252. The van der Waals surface area contributed by atoms with Gasteiger partial charge in [-0.05, 0) is 49.6 Å². The average molecular weight is 402 g/mol. The number of nitrogens with zero attached hydrogens (tertiary/aromatic N) is 3. The molecule has 1 atom stereocenters. The molecule has 0 saturated carbocycles. The summed E-state index contributed by atoms with van der Waals surface area (Å²) in [5.74, 6) is 7.04. The van der Waals surface area contributed by atoms with Gasteiger partial charge in [0.2, 0.25) is 0 Å². The van der Waals surface area contributed by atoms with Crippen molar-refractivity contribution in [2.24, 2.45) is 0 Å². The van der Waals surface area contributed by atoms with Crippen molar-refractivity contribution in [3.63, 3.8) is 0 Å². The summed E-state index contributed by atoms with van der Waals surface area (Å²) in [6.07, 6.45) is 1.52. The van der Waals surface area contributed by atoms with Gasteiger partial charge >= 0.3 is 5.91 Å². The zero-order valence-electron chi connectivity index (χ0n) is 17.1. The van der Waals surface area contributed by atoms with Crippen molar-refractivity contribution in [1.29, 1.82) is 0 Å². The minimum absolute atomic E-state index is 0.0404. The van der Waals surface area contributed by atoms with Crippen LogP contribution in [-0.4, -0.2) is 36.1 Å². The predicted molar refractivity (Wildman–Crippen MR) is 116 cm³/mol. The number of anilines is 2. The lowest BCUT2D eigenvalue weighted by Gasteiger charge is -2.29. The quantitative estimate of drug-likeness (QED) is 0.673. The molecular weight excluding hydrogens is 380 g/mol. The number of carbonyl (C=O) groups is 1. The molecular formula is C23H22N4O3. The molecule has 3 aromatic rings. The van der Waals surface area contributed by atoms with Crippen LogP contribution in [0.25, 0.3) is 10.9 Å². The Morgan fingerprint density at radius 1 is 1.30 bits per heavy atom. The van der Waals surface area contributed by atoms with Crippen LogP contribution in [0.2, 0.25) is 0 Å². The standard InChI is InChI=1S/C23H22N4O3/c1-4-6-20(28)27-11-12-30-22-19(27)10-9-18-21(22)23(25-14-24-18)26-15(2)16-7-5-8-17(13-16)29-3/h5,7-10,13-15H,11-12H2,1-3H3,(H,24,25,26)/t15-/m1/s1. The summed E-state index contributed by atoms with van der Waals surface area (Å²) in [7, 11) is 1.65. The molecule has 1 N–H and O–H groups in total. The van der Waals surface area contributed by atoms with Crippen LogP contribution in [0.1, 0.15) is 25.5 Å². The maximum Gasteiger partial charge on any atom is 0.303 e. The second-order valence-corrected chi connectivity index (χ2v) is 6.85. The van der Waals surface area contributed by atoms with E-state index in [4.69, 9.17) is 9.47 Å². The lowest BCUT2D eigenvalue weighted by molar-refractivity contribution is -0.113. The fraction of sp³-hybridized carbons (Fsp3) is 0.261. The monoisotopic (exact) mass is 402 g/mol. The van der Waals surface area contributed by atoms with Crippen LogP contribution in [0, 0.1) is 11.8 Å². The molecule has 0 unspecified atom stereocenters. The third kappa shape index (κ3) is 3.60. The Labute approximate surface area is 175 Å². The maximum absolute atomic E-state index is 12.4. The van der Waals surface area contributed by atoms with Crippen molar-refractivity contribution in [2.75, 3.05) is 30.5 Å². The van der Waals surface area contributed by atoms with Gasteiger partial charge in [-0.3, -0.25) is 9.69 Å². The highest BCUT2D eigenvalue weighted by Crippen LogP contribution is 2.41. The molecule has 7 heteroatoms. The second kappa shape index (κ2) is 8.29. The van der Waals surface area contributed by atoms with Gasteiger partial charge in [0, 0.05) is 0 Å². The van der Waals surface area contributed by atoms with E-state index in [1.807, 2.05) is 43.3 Å². The van der Waals surface area contributed by atoms with E-state index in [1.165, 1.54) is 6.33 Å². The van der Waals surface area contributed by atoms with Crippen LogP contribution in [0.3, 0.4) is 0 Å². The molecule has 2 heterocycles. The van der Waals surface area contributed by atoms with Gasteiger partial charge in [0.05, 0.1) is 36.3 Å². The zero-order chi connectivity index (χ0) is 21.1. The summed E-state index contributed by atoms with van der Waals surface area (Å²) in [5, 5.41) is 4.20. The number of amides is 1. The van der Waals surface area contributed by atoms with Gasteiger partial charge in [-0.15, -0.1) is 0 Å². The van der Waals surface area contributed by atoms with Crippen molar-refractivity contribution < 1.29 is 14.3 Å². The summed E-state index contributed by atoms with van der Waals surface area (Å²) in [6, 6.07) is 11.5. The molecule has 0 aliphatic carbocycles. The average Bonchev–Trinajstić information content (AvgIpc) is 2.78.